The average molecular weight is 321 g/mol. The molecule has 1 aromatic carbocycles. The zero-order valence-electron chi connectivity index (χ0n) is 14.5. The van der Waals surface area contributed by atoms with Gasteiger partial charge in [-0.1, -0.05) is 39.8 Å². The molecule has 0 atom stereocenters. The topological polar surface area (TPSA) is 17.1 Å². The molecule has 0 bridgehead atoms. The molecule has 0 fully saturated rings. The van der Waals surface area contributed by atoms with E-state index in [2.05, 4.69) is 39.8 Å². The van der Waals surface area contributed by atoms with Crippen molar-refractivity contribution in [3.8, 4) is 0 Å². The fourth-order valence-corrected chi connectivity index (χ4v) is 4.57. The van der Waals surface area contributed by atoms with Crippen molar-refractivity contribution in [2.75, 3.05) is 5.88 Å². The van der Waals surface area contributed by atoms with Crippen molar-refractivity contribution < 1.29 is 4.79 Å². The van der Waals surface area contributed by atoms with Gasteiger partial charge in [0, 0.05) is 5.56 Å². The number of ketones is 1. The molecule has 0 unspecified atom stereocenters. The number of fused-ring (bicyclic) bond motifs is 1. The fourth-order valence-electron chi connectivity index (χ4n) is 4.41. The minimum Gasteiger partial charge on any atom is -0.293 e. The molecule has 0 spiro atoms. The van der Waals surface area contributed by atoms with Crippen molar-refractivity contribution in [3.05, 3.63) is 34.9 Å². The molecule has 122 valence electrons. The second-order valence-corrected chi connectivity index (χ2v) is 7.06. The molecule has 0 saturated heterocycles. The van der Waals surface area contributed by atoms with Gasteiger partial charge in [0.15, 0.2) is 5.78 Å². The molecule has 0 aliphatic heterocycles. The molecule has 0 radical (unpaired) electrons. The molecule has 0 amide bonds. The fraction of sp³-hybridized carbons (Fsp3) is 0.650. The third kappa shape index (κ3) is 2.62. The number of hydrogen-bond donors (Lipinski definition) is 0. The molecule has 2 heteroatoms. The maximum atomic E-state index is 12.1. The second-order valence-electron chi connectivity index (χ2n) is 6.79. The van der Waals surface area contributed by atoms with Crippen LogP contribution in [0, 0.1) is 0 Å². The van der Waals surface area contributed by atoms with Crippen LogP contribution in [0.2, 0.25) is 0 Å². The van der Waals surface area contributed by atoms with Crippen LogP contribution in [-0.4, -0.2) is 11.7 Å². The summed E-state index contributed by atoms with van der Waals surface area (Å²) in [5.74, 6) is 0.103. The predicted octanol–water partition coefficient (Wildman–Crippen LogP) is 6.02. The lowest BCUT2D eigenvalue weighted by Gasteiger charge is -2.48. The third-order valence-corrected chi connectivity index (χ3v) is 6.64. The molecule has 2 rings (SSSR count). The Balaban J connectivity index is 2.67. The lowest BCUT2D eigenvalue weighted by atomic mass is 9.57. The first-order valence-corrected chi connectivity index (χ1v) is 9.30. The summed E-state index contributed by atoms with van der Waals surface area (Å²) in [7, 11) is 0. The Kier molecular flexibility index (Phi) is 5.37. The van der Waals surface area contributed by atoms with Gasteiger partial charge in [-0.2, -0.15) is 0 Å². The number of halogens is 1. The van der Waals surface area contributed by atoms with E-state index in [4.69, 9.17) is 11.6 Å². The van der Waals surface area contributed by atoms with Crippen LogP contribution in [0.25, 0.3) is 0 Å². The zero-order valence-corrected chi connectivity index (χ0v) is 15.2. The predicted molar refractivity (Wildman–Crippen MR) is 95.2 cm³/mol. The van der Waals surface area contributed by atoms with Gasteiger partial charge in [-0.25, -0.2) is 0 Å². The molecular weight excluding hydrogens is 292 g/mol. The molecule has 1 aromatic rings. The third-order valence-electron chi connectivity index (χ3n) is 6.39. The summed E-state index contributed by atoms with van der Waals surface area (Å²) in [5, 5.41) is 0. The molecule has 22 heavy (non-hydrogen) atoms. The van der Waals surface area contributed by atoms with Crippen LogP contribution >= 0.6 is 11.6 Å². The number of rotatable bonds is 6. The van der Waals surface area contributed by atoms with Gasteiger partial charge in [0.05, 0.1) is 5.88 Å². The first kappa shape index (κ1) is 17.5. The quantitative estimate of drug-likeness (QED) is 0.463. The van der Waals surface area contributed by atoms with E-state index in [-0.39, 0.29) is 22.5 Å². The van der Waals surface area contributed by atoms with Crippen LogP contribution in [0.3, 0.4) is 0 Å². The van der Waals surface area contributed by atoms with Crippen molar-refractivity contribution in [2.24, 2.45) is 0 Å². The molecule has 1 nitrogen and oxygen atoms in total. The Labute approximate surface area is 140 Å². The van der Waals surface area contributed by atoms with Gasteiger partial charge in [0.1, 0.15) is 0 Å². The highest BCUT2D eigenvalue weighted by Gasteiger charge is 2.43. The van der Waals surface area contributed by atoms with E-state index < -0.39 is 0 Å². The molecule has 0 saturated carbocycles. The summed E-state index contributed by atoms with van der Waals surface area (Å²) < 4.78 is 0. The van der Waals surface area contributed by atoms with Crippen molar-refractivity contribution in [1.29, 1.82) is 0 Å². The van der Waals surface area contributed by atoms with Crippen molar-refractivity contribution in [2.45, 2.75) is 77.0 Å². The number of alkyl halides is 1. The summed E-state index contributed by atoms with van der Waals surface area (Å²) in [6, 6.07) is 6.37. The number of hydrogen-bond acceptors (Lipinski definition) is 1. The maximum Gasteiger partial charge on any atom is 0.177 e. The van der Waals surface area contributed by atoms with E-state index in [1.54, 1.807) is 0 Å². The minimum atomic E-state index is 0.0368. The smallest absolute Gasteiger partial charge is 0.177 e. The van der Waals surface area contributed by atoms with E-state index in [1.807, 2.05) is 6.07 Å². The summed E-state index contributed by atoms with van der Waals surface area (Å²) >= 11 is 5.77. The number of Topliss-reactive ketones (excluding diaryl/α,β-unsaturated/α-hetero) is 1. The Morgan fingerprint density at radius 1 is 0.955 bits per heavy atom. The van der Waals surface area contributed by atoms with Crippen molar-refractivity contribution in [3.63, 3.8) is 0 Å². The Morgan fingerprint density at radius 3 is 1.91 bits per heavy atom. The van der Waals surface area contributed by atoms with Crippen LogP contribution in [-0.2, 0) is 10.8 Å². The summed E-state index contributed by atoms with van der Waals surface area (Å²) in [6.45, 7) is 9.18. The van der Waals surface area contributed by atoms with E-state index in [1.165, 1.54) is 36.8 Å². The van der Waals surface area contributed by atoms with Crippen molar-refractivity contribution in [1.82, 2.24) is 0 Å². The maximum absolute atomic E-state index is 12.1. The molecular formula is C20H29ClO. The van der Waals surface area contributed by atoms with Crippen LogP contribution in [0.15, 0.2) is 18.2 Å². The molecule has 0 N–H and O–H groups in total. The molecule has 0 heterocycles. The van der Waals surface area contributed by atoms with Gasteiger partial charge in [-0.05, 0) is 66.5 Å². The highest BCUT2D eigenvalue weighted by molar-refractivity contribution is 6.30. The highest BCUT2D eigenvalue weighted by atomic mass is 35.5. The first-order chi connectivity index (χ1) is 10.5. The van der Waals surface area contributed by atoms with E-state index in [9.17, 15) is 4.79 Å². The Bertz CT molecular complexity index is 539. The second kappa shape index (κ2) is 6.74. The SMILES string of the molecule is CCC1(CC)CCC(CC)(CC)c2cc(C(=O)CCl)ccc21. The average Bonchev–Trinajstić information content (AvgIpc) is 2.59. The number of carbonyl (C=O) groups is 1. The van der Waals surface area contributed by atoms with Gasteiger partial charge < -0.3 is 0 Å². The lowest BCUT2D eigenvalue weighted by molar-refractivity contribution is 0.102. The van der Waals surface area contributed by atoms with Crippen LogP contribution in [0.5, 0.6) is 0 Å². The van der Waals surface area contributed by atoms with Crippen LogP contribution in [0.4, 0.5) is 0 Å². The van der Waals surface area contributed by atoms with Crippen molar-refractivity contribution >= 4 is 17.4 Å². The monoisotopic (exact) mass is 320 g/mol. The molecule has 0 aromatic heterocycles. The van der Waals surface area contributed by atoms with E-state index in [0.29, 0.717) is 0 Å². The summed E-state index contributed by atoms with van der Waals surface area (Å²) in [6.07, 6.45) is 7.10. The molecule has 1 aliphatic carbocycles. The van der Waals surface area contributed by atoms with Gasteiger partial charge in [0.25, 0.3) is 0 Å². The van der Waals surface area contributed by atoms with Crippen LogP contribution < -0.4 is 0 Å². The minimum absolute atomic E-state index is 0.0368. The van der Waals surface area contributed by atoms with Gasteiger partial charge in [-0.3, -0.25) is 4.79 Å². The largest absolute Gasteiger partial charge is 0.293 e. The summed E-state index contributed by atoms with van der Waals surface area (Å²) in [5.41, 5.74) is 4.20. The highest BCUT2D eigenvalue weighted by Crippen LogP contribution is 2.52. The zero-order chi connectivity index (χ0) is 16.4. The van der Waals surface area contributed by atoms with Crippen LogP contribution in [0.1, 0.15) is 87.7 Å². The Morgan fingerprint density at radius 2 is 1.45 bits per heavy atom. The molecule has 1 aliphatic rings. The van der Waals surface area contributed by atoms with E-state index >= 15 is 0 Å². The summed E-state index contributed by atoms with van der Waals surface area (Å²) in [4.78, 5) is 12.1. The van der Waals surface area contributed by atoms with E-state index in [0.717, 1.165) is 18.4 Å². The van der Waals surface area contributed by atoms with Gasteiger partial charge >= 0.3 is 0 Å². The normalized spacial score (nSPS) is 18.8. The standard InChI is InChI=1S/C20H29ClO/c1-5-19(6-2)11-12-20(7-3,8-4)17-13-15(18(22)14-21)9-10-16(17)19/h9-10,13H,5-8,11-12,14H2,1-4H3. The Hall–Kier alpha value is -0.820. The lowest BCUT2D eigenvalue weighted by Crippen LogP contribution is -2.40. The number of benzene rings is 1. The van der Waals surface area contributed by atoms with Gasteiger partial charge in [0.2, 0.25) is 0 Å². The number of carbonyl (C=O) groups excluding carboxylic acids is 1. The van der Waals surface area contributed by atoms with Gasteiger partial charge in [-0.15, -0.1) is 11.6 Å². The first-order valence-electron chi connectivity index (χ1n) is 8.76.